The maximum absolute atomic E-state index is 12.7. The lowest BCUT2D eigenvalue weighted by atomic mass is 10.2. The number of benzene rings is 2. The third-order valence-electron chi connectivity index (χ3n) is 3.06. The third-order valence-corrected chi connectivity index (χ3v) is 3.06. The van der Waals surface area contributed by atoms with Crippen LogP contribution in [0.3, 0.4) is 0 Å². The van der Waals surface area contributed by atoms with Crippen LogP contribution in [0.4, 0.5) is 4.39 Å². The summed E-state index contributed by atoms with van der Waals surface area (Å²) in [6, 6.07) is 14.3. The van der Waals surface area contributed by atoms with Crippen LogP contribution in [0.25, 0.3) is 0 Å². The van der Waals surface area contributed by atoms with E-state index >= 15 is 0 Å². The summed E-state index contributed by atoms with van der Waals surface area (Å²) in [5.41, 5.74) is 0.484. The number of rotatable bonds is 8. The van der Waals surface area contributed by atoms with E-state index in [2.05, 4.69) is 5.32 Å². The molecule has 0 aliphatic heterocycles. The van der Waals surface area contributed by atoms with Gasteiger partial charge >= 0.3 is 5.97 Å². The molecule has 0 atom stereocenters. The van der Waals surface area contributed by atoms with Gasteiger partial charge in [-0.1, -0.05) is 18.2 Å². The first-order valence-corrected chi connectivity index (χ1v) is 7.52. The molecule has 1 amide bonds. The zero-order chi connectivity index (χ0) is 17.2. The van der Waals surface area contributed by atoms with Gasteiger partial charge in [0.2, 0.25) is 0 Å². The zero-order valence-corrected chi connectivity index (χ0v) is 13.0. The maximum atomic E-state index is 12.7. The number of carbonyl (C=O) groups excluding carboxylic acids is 2. The molecule has 2 aromatic carbocycles. The van der Waals surface area contributed by atoms with Gasteiger partial charge in [-0.05, 0) is 36.4 Å². The molecule has 0 fully saturated rings. The van der Waals surface area contributed by atoms with Crippen LogP contribution in [0.2, 0.25) is 0 Å². The second kappa shape index (κ2) is 9.29. The second-order valence-electron chi connectivity index (χ2n) is 4.93. The molecule has 0 heterocycles. The summed E-state index contributed by atoms with van der Waals surface area (Å²) in [4.78, 5) is 23.3. The molecule has 6 heteroatoms. The number of ether oxygens (including phenoxy) is 2. The maximum Gasteiger partial charge on any atom is 0.325 e. The quantitative estimate of drug-likeness (QED) is 0.596. The van der Waals surface area contributed by atoms with Gasteiger partial charge in [-0.25, -0.2) is 4.39 Å². The van der Waals surface area contributed by atoms with Gasteiger partial charge in [0.25, 0.3) is 5.91 Å². The topological polar surface area (TPSA) is 64.6 Å². The molecule has 0 bridgehead atoms. The summed E-state index contributed by atoms with van der Waals surface area (Å²) in [7, 11) is 0. The van der Waals surface area contributed by atoms with Crippen molar-refractivity contribution in [1.82, 2.24) is 5.32 Å². The zero-order valence-electron chi connectivity index (χ0n) is 13.0. The standard InChI is InChI=1S/C18H18FNO4/c19-15-7-9-16(10-8-15)23-11-4-12-24-17(21)13-20-18(22)14-5-2-1-3-6-14/h1-3,5-10H,4,11-13H2,(H,20,22). The fraction of sp³-hybridized carbons (Fsp3) is 0.222. The molecule has 0 spiro atoms. The largest absolute Gasteiger partial charge is 0.493 e. The summed E-state index contributed by atoms with van der Waals surface area (Å²) in [5.74, 6) is -0.611. The van der Waals surface area contributed by atoms with Crippen molar-refractivity contribution in [3.8, 4) is 5.75 Å². The normalized spacial score (nSPS) is 10.0. The van der Waals surface area contributed by atoms with Crippen LogP contribution < -0.4 is 10.1 Å². The van der Waals surface area contributed by atoms with Gasteiger partial charge in [0.15, 0.2) is 0 Å². The molecule has 0 radical (unpaired) electrons. The minimum Gasteiger partial charge on any atom is -0.493 e. The van der Waals surface area contributed by atoms with Gasteiger partial charge in [0, 0.05) is 12.0 Å². The molecular weight excluding hydrogens is 313 g/mol. The summed E-state index contributed by atoms with van der Waals surface area (Å²) < 4.78 is 23.1. The highest BCUT2D eigenvalue weighted by atomic mass is 19.1. The number of nitrogens with one attached hydrogen (secondary N) is 1. The number of amides is 1. The van der Waals surface area contributed by atoms with Crippen LogP contribution in [-0.2, 0) is 9.53 Å². The summed E-state index contributed by atoms with van der Waals surface area (Å²) in [6.45, 7) is 0.336. The summed E-state index contributed by atoms with van der Waals surface area (Å²) >= 11 is 0. The lowest BCUT2D eigenvalue weighted by Crippen LogP contribution is -2.30. The average Bonchev–Trinajstić information content (AvgIpc) is 2.61. The van der Waals surface area contributed by atoms with Crippen molar-refractivity contribution in [1.29, 1.82) is 0 Å². The molecule has 0 aromatic heterocycles. The lowest BCUT2D eigenvalue weighted by Gasteiger charge is -2.08. The van der Waals surface area contributed by atoms with Crippen LogP contribution in [0.5, 0.6) is 5.75 Å². The number of esters is 1. The molecule has 1 N–H and O–H groups in total. The molecular formula is C18H18FNO4. The van der Waals surface area contributed by atoms with Crippen molar-refractivity contribution in [2.24, 2.45) is 0 Å². The first kappa shape index (κ1) is 17.5. The molecule has 0 saturated heterocycles. The summed E-state index contributed by atoms with van der Waals surface area (Å²) in [6.07, 6.45) is 0.496. The lowest BCUT2D eigenvalue weighted by molar-refractivity contribution is -0.142. The van der Waals surface area contributed by atoms with E-state index in [4.69, 9.17) is 9.47 Å². The van der Waals surface area contributed by atoms with E-state index in [-0.39, 0.29) is 24.9 Å². The van der Waals surface area contributed by atoms with Crippen molar-refractivity contribution in [3.63, 3.8) is 0 Å². The predicted molar refractivity (Wildman–Crippen MR) is 86.2 cm³/mol. The summed E-state index contributed by atoms with van der Waals surface area (Å²) in [5, 5.41) is 2.49. The molecule has 0 aliphatic rings. The van der Waals surface area contributed by atoms with Crippen molar-refractivity contribution in [2.75, 3.05) is 19.8 Å². The van der Waals surface area contributed by atoms with Gasteiger partial charge in [0.1, 0.15) is 18.1 Å². The first-order valence-electron chi connectivity index (χ1n) is 7.52. The van der Waals surface area contributed by atoms with Crippen LogP contribution in [0.15, 0.2) is 54.6 Å². The predicted octanol–water partition coefficient (Wildman–Crippen LogP) is 2.57. The van der Waals surface area contributed by atoms with E-state index in [9.17, 15) is 14.0 Å². The number of carbonyl (C=O) groups is 2. The smallest absolute Gasteiger partial charge is 0.325 e. The number of hydrogen-bond donors (Lipinski definition) is 1. The van der Waals surface area contributed by atoms with E-state index in [1.165, 1.54) is 24.3 Å². The molecule has 0 unspecified atom stereocenters. The monoisotopic (exact) mass is 331 g/mol. The Morgan fingerprint density at radius 1 is 0.958 bits per heavy atom. The highest BCUT2D eigenvalue weighted by Crippen LogP contribution is 2.11. The molecule has 24 heavy (non-hydrogen) atoms. The Labute approximate surface area is 139 Å². The van der Waals surface area contributed by atoms with Crippen LogP contribution in [-0.4, -0.2) is 31.6 Å². The molecule has 126 valence electrons. The Kier molecular flexibility index (Phi) is 6.76. The van der Waals surface area contributed by atoms with Gasteiger partial charge in [-0.15, -0.1) is 0 Å². The molecule has 2 aromatic rings. The van der Waals surface area contributed by atoms with Crippen molar-refractivity contribution in [2.45, 2.75) is 6.42 Å². The highest BCUT2D eigenvalue weighted by molar-refractivity contribution is 5.95. The van der Waals surface area contributed by atoms with E-state index in [0.717, 1.165) is 0 Å². The van der Waals surface area contributed by atoms with Gasteiger partial charge in [-0.2, -0.15) is 0 Å². The van der Waals surface area contributed by atoms with E-state index in [0.29, 0.717) is 24.3 Å². The Morgan fingerprint density at radius 2 is 1.67 bits per heavy atom. The van der Waals surface area contributed by atoms with Crippen molar-refractivity contribution < 1.29 is 23.5 Å². The fourth-order valence-electron chi connectivity index (χ4n) is 1.86. The highest BCUT2D eigenvalue weighted by Gasteiger charge is 2.08. The average molecular weight is 331 g/mol. The Morgan fingerprint density at radius 3 is 2.38 bits per heavy atom. The van der Waals surface area contributed by atoms with E-state index in [1.807, 2.05) is 0 Å². The minimum atomic E-state index is -0.513. The third kappa shape index (κ3) is 6.08. The van der Waals surface area contributed by atoms with Crippen molar-refractivity contribution in [3.05, 3.63) is 66.0 Å². The Balaban J connectivity index is 1.56. The second-order valence-corrected chi connectivity index (χ2v) is 4.93. The van der Waals surface area contributed by atoms with Gasteiger partial charge in [0.05, 0.1) is 13.2 Å². The molecule has 0 saturated carbocycles. The minimum absolute atomic E-state index is 0.182. The van der Waals surface area contributed by atoms with Crippen LogP contribution in [0.1, 0.15) is 16.8 Å². The SMILES string of the molecule is O=C(CNC(=O)c1ccccc1)OCCCOc1ccc(F)cc1. The first-order chi connectivity index (χ1) is 11.6. The van der Waals surface area contributed by atoms with Gasteiger partial charge < -0.3 is 14.8 Å². The van der Waals surface area contributed by atoms with E-state index in [1.54, 1.807) is 30.3 Å². The van der Waals surface area contributed by atoms with Crippen molar-refractivity contribution >= 4 is 11.9 Å². The van der Waals surface area contributed by atoms with Crippen LogP contribution >= 0.6 is 0 Å². The fourth-order valence-corrected chi connectivity index (χ4v) is 1.86. The molecule has 5 nitrogen and oxygen atoms in total. The number of halogens is 1. The molecule has 0 aliphatic carbocycles. The number of hydrogen-bond acceptors (Lipinski definition) is 4. The van der Waals surface area contributed by atoms with E-state index < -0.39 is 5.97 Å². The molecule has 2 rings (SSSR count). The Bertz CT molecular complexity index is 658. The Hall–Kier alpha value is -2.89. The van der Waals surface area contributed by atoms with Crippen LogP contribution in [0, 0.1) is 5.82 Å². The van der Waals surface area contributed by atoms with Gasteiger partial charge in [-0.3, -0.25) is 9.59 Å².